The lowest BCUT2D eigenvalue weighted by molar-refractivity contribution is 0.0989. The summed E-state index contributed by atoms with van der Waals surface area (Å²) in [7, 11) is 0. The van der Waals surface area contributed by atoms with E-state index in [2.05, 4.69) is 38.2 Å². The summed E-state index contributed by atoms with van der Waals surface area (Å²) in [5.74, 6) is 0.617. The third kappa shape index (κ3) is 5.30. The Morgan fingerprint density at radius 2 is 2.07 bits per heavy atom. The van der Waals surface area contributed by atoms with Crippen LogP contribution in [0.1, 0.15) is 30.5 Å². The maximum atomic E-state index is 5.59. The normalized spacial score (nSPS) is 11.2. The van der Waals surface area contributed by atoms with Crippen molar-refractivity contribution in [3.05, 3.63) is 21.9 Å². The summed E-state index contributed by atoms with van der Waals surface area (Å²) >= 11 is 1.84. The van der Waals surface area contributed by atoms with Crippen LogP contribution >= 0.6 is 11.3 Å². The molecule has 2 nitrogen and oxygen atoms in total. The van der Waals surface area contributed by atoms with Crippen LogP contribution in [0.15, 0.2) is 12.1 Å². The second-order valence-electron chi connectivity index (χ2n) is 4.06. The molecule has 1 aromatic heterocycles. The Balaban J connectivity index is 2.26. The maximum absolute atomic E-state index is 5.59. The van der Waals surface area contributed by atoms with Gasteiger partial charge in [0.05, 0.1) is 6.61 Å². The Kier molecular flexibility index (Phi) is 5.91. The highest BCUT2D eigenvalue weighted by Crippen LogP contribution is 2.17. The number of nitrogens with one attached hydrogen (secondary N) is 1. The molecule has 0 saturated heterocycles. The Hall–Kier alpha value is -0.380. The smallest absolute Gasteiger partial charge is 0.0809 e. The van der Waals surface area contributed by atoms with Crippen LogP contribution in [-0.4, -0.2) is 13.2 Å². The summed E-state index contributed by atoms with van der Waals surface area (Å²) in [6.45, 7) is 10.1. The van der Waals surface area contributed by atoms with Gasteiger partial charge in [-0.15, -0.1) is 11.3 Å². The Morgan fingerprint density at radius 1 is 1.33 bits per heavy atom. The molecule has 0 bridgehead atoms. The number of hydrogen-bond donors (Lipinski definition) is 1. The molecule has 1 heterocycles. The van der Waals surface area contributed by atoms with Gasteiger partial charge in [0.15, 0.2) is 0 Å². The van der Waals surface area contributed by atoms with Crippen molar-refractivity contribution in [2.45, 2.75) is 33.9 Å². The molecule has 0 fully saturated rings. The largest absolute Gasteiger partial charge is 0.376 e. The molecule has 0 aliphatic rings. The van der Waals surface area contributed by atoms with E-state index in [1.165, 1.54) is 9.75 Å². The van der Waals surface area contributed by atoms with E-state index >= 15 is 0 Å². The van der Waals surface area contributed by atoms with Crippen molar-refractivity contribution in [1.82, 2.24) is 5.32 Å². The van der Waals surface area contributed by atoms with Crippen molar-refractivity contribution in [3.8, 4) is 0 Å². The van der Waals surface area contributed by atoms with Crippen molar-refractivity contribution in [1.29, 1.82) is 0 Å². The molecule has 0 radical (unpaired) electrons. The third-order valence-corrected chi connectivity index (χ3v) is 3.02. The zero-order chi connectivity index (χ0) is 11.1. The maximum Gasteiger partial charge on any atom is 0.0809 e. The van der Waals surface area contributed by atoms with E-state index in [-0.39, 0.29) is 0 Å². The molecule has 0 atom stereocenters. The molecule has 0 saturated carbocycles. The summed E-state index contributed by atoms with van der Waals surface area (Å²) in [4.78, 5) is 2.71. The lowest BCUT2D eigenvalue weighted by atomic mass is 10.2. The highest BCUT2D eigenvalue weighted by Gasteiger charge is 2.00. The summed E-state index contributed by atoms with van der Waals surface area (Å²) in [5, 5.41) is 3.32. The van der Waals surface area contributed by atoms with Gasteiger partial charge in [-0.3, -0.25) is 0 Å². The van der Waals surface area contributed by atoms with E-state index in [1.807, 2.05) is 11.3 Å². The van der Waals surface area contributed by atoms with Crippen molar-refractivity contribution < 1.29 is 4.74 Å². The van der Waals surface area contributed by atoms with Gasteiger partial charge in [0.1, 0.15) is 0 Å². The van der Waals surface area contributed by atoms with E-state index in [0.717, 1.165) is 26.3 Å². The molecule has 0 aromatic carbocycles. The molecular weight excluding hydrogens is 206 g/mol. The minimum Gasteiger partial charge on any atom is -0.376 e. The van der Waals surface area contributed by atoms with Gasteiger partial charge in [-0.05, 0) is 24.6 Å². The predicted molar refractivity (Wildman–Crippen MR) is 66.2 cm³/mol. The molecule has 0 aliphatic carbocycles. The standard InChI is InChI=1S/C12H21NOS/c1-4-13-7-11-5-6-12(15-11)9-14-8-10(2)3/h5-6,10,13H,4,7-9H2,1-3H3. The van der Waals surface area contributed by atoms with Crippen LogP contribution in [0.2, 0.25) is 0 Å². The van der Waals surface area contributed by atoms with Crippen LogP contribution < -0.4 is 5.32 Å². The second kappa shape index (κ2) is 6.99. The number of hydrogen-bond acceptors (Lipinski definition) is 3. The quantitative estimate of drug-likeness (QED) is 0.773. The first kappa shape index (κ1) is 12.7. The first-order valence-electron chi connectivity index (χ1n) is 5.58. The van der Waals surface area contributed by atoms with Crippen LogP contribution in [-0.2, 0) is 17.9 Å². The SMILES string of the molecule is CCNCc1ccc(COCC(C)C)s1. The fourth-order valence-corrected chi connectivity index (χ4v) is 2.16. The number of thiophene rings is 1. The first-order chi connectivity index (χ1) is 7.22. The Morgan fingerprint density at radius 3 is 2.73 bits per heavy atom. The summed E-state index contributed by atoms with van der Waals surface area (Å²) in [5.41, 5.74) is 0. The van der Waals surface area contributed by atoms with Gasteiger partial charge in [0.25, 0.3) is 0 Å². The molecule has 0 amide bonds. The van der Waals surface area contributed by atoms with Gasteiger partial charge in [-0.25, -0.2) is 0 Å². The lowest BCUT2D eigenvalue weighted by Crippen LogP contribution is -2.10. The highest BCUT2D eigenvalue weighted by molar-refractivity contribution is 7.11. The van der Waals surface area contributed by atoms with Gasteiger partial charge in [-0.1, -0.05) is 20.8 Å². The zero-order valence-electron chi connectivity index (χ0n) is 9.88. The Bertz CT molecular complexity index is 270. The lowest BCUT2D eigenvalue weighted by Gasteiger charge is -2.04. The summed E-state index contributed by atoms with van der Waals surface area (Å²) in [6, 6.07) is 4.35. The van der Waals surface area contributed by atoms with Crippen molar-refractivity contribution in [2.75, 3.05) is 13.2 Å². The first-order valence-corrected chi connectivity index (χ1v) is 6.40. The average Bonchev–Trinajstić information content (AvgIpc) is 2.62. The van der Waals surface area contributed by atoms with Gasteiger partial charge in [-0.2, -0.15) is 0 Å². The van der Waals surface area contributed by atoms with Crippen molar-refractivity contribution >= 4 is 11.3 Å². The second-order valence-corrected chi connectivity index (χ2v) is 5.31. The molecule has 3 heteroatoms. The molecule has 1 rings (SSSR count). The fourth-order valence-electron chi connectivity index (χ4n) is 1.24. The summed E-state index contributed by atoms with van der Waals surface area (Å²) < 4.78 is 5.59. The topological polar surface area (TPSA) is 21.3 Å². The molecule has 1 N–H and O–H groups in total. The van der Waals surface area contributed by atoms with E-state index in [1.54, 1.807) is 0 Å². The van der Waals surface area contributed by atoms with E-state index < -0.39 is 0 Å². The van der Waals surface area contributed by atoms with Crippen LogP contribution in [0.5, 0.6) is 0 Å². The Labute approximate surface area is 96.7 Å². The molecule has 1 aromatic rings. The molecule has 0 unspecified atom stereocenters. The molecule has 0 aliphatic heterocycles. The number of rotatable bonds is 7. The minimum atomic E-state index is 0.617. The molecule has 15 heavy (non-hydrogen) atoms. The number of ether oxygens (including phenoxy) is 1. The third-order valence-electron chi connectivity index (χ3n) is 1.96. The van der Waals surface area contributed by atoms with Gasteiger partial charge < -0.3 is 10.1 Å². The van der Waals surface area contributed by atoms with Crippen LogP contribution in [0.3, 0.4) is 0 Å². The zero-order valence-corrected chi connectivity index (χ0v) is 10.7. The highest BCUT2D eigenvalue weighted by atomic mass is 32.1. The van der Waals surface area contributed by atoms with E-state index in [9.17, 15) is 0 Å². The monoisotopic (exact) mass is 227 g/mol. The van der Waals surface area contributed by atoms with Crippen LogP contribution in [0.25, 0.3) is 0 Å². The predicted octanol–water partition coefficient (Wildman–Crippen LogP) is 3.03. The van der Waals surface area contributed by atoms with Crippen molar-refractivity contribution in [3.63, 3.8) is 0 Å². The fraction of sp³-hybridized carbons (Fsp3) is 0.667. The molecule has 0 spiro atoms. The summed E-state index contributed by atoms with van der Waals surface area (Å²) in [6.07, 6.45) is 0. The molecule has 86 valence electrons. The van der Waals surface area contributed by atoms with Gasteiger partial charge >= 0.3 is 0 Å². The van der Waals surface area contributed by atoms with Crippen LogP contribution in [0, 0.1) is 5.92 Å². The van der Waals surface area contributed by atoms with Crippen molar-refractivity contribution in [2.24, 2.45) is 5.92 Å². The molecular formula is C12H21NOS. The minimum absolute atomic E-state index is 0.617. The van der Waals surface area contributed by atoms with E-state index in [4.69, 9.17) is 4.74 Å². The van der Waals surface area contributed by atoms with E-state index in [0.29, 0.717) is 5.92 Å². The van der Waals surface area contributed by atoms with Crippen LogP contribution in [0.4, 0.5) is 0 Å². The average molecular weight is 227 g/mol. The van der Waals surface area contributed by atoms with Gasteiger partial charge in [0.2, 0.25) is 0 Å². The van der Waals surface area contributed by atoms with Gasteiger partial charge in [0, 0.05) is 22.9 Å².